The van der Waals surface area contributed by atoms with Crippen LogP contribution in [0.5, 0.6) is 17.4 Å². The number of para-hydroxylation sites is 1. The van der Waals surface area contributed by atoms with Crippen molar-refractivity contribution < 1.29 is 9.84 Å². The summed E-state index contributed by atoms with van der Waals surface area (Å²) in [5.74, 6) is 0.625. The minimum absolute atomic E-state index is 0.0346. The lowest BCUT2D eigenvalue weighted by molar-refractivity contribution is 0.448. The molecule has 0 aliphatic heterocycles. The van der Waals surface area contributed by atoms with Gasteiger partial charge < -0.3 is 15.6 Å². The highest BCUT2D eigenvalue weighted by molar-refractivity contribution is 9.10. The van der Waals surface area contributed by atoms with E-state index in [0.29, 0.717) is 21.1 Å². The summed E-state index contributed by atoms with van der Waals surface area (Å²) >= 11 is 9.04. The van der Waals surface area contributed by atoms with Gasteiger partial charge in [0.15, 0.2) is 5.75 Å². The molecule has 4 nitrogen and oxygen atoms in total. The Hall–Kier alpha value is -1.46. The van der Waals surface area contributed by atoms with Gasteiger partial charge in [-0.25, -0.2) is 4.98 Å². The number of nitrogens with two attached hydrogens (primary N) is 1. The summed E-state index contributed by atoms with van der Waals surface area (Å²) in [7, 11) is 0. The summed E-state index contributed by atoms with van der Waals surface area (Å²) < 4.78 is 6.08. The smallest absolute Gasteiger partial charge is 0.233 e. The number of nitrogens with zero attached hydrogens (tertiary/aromatic N) is 1. The van der Waals surface area contributed by atoms with Crippen molar-refractivity contribution >= 4 is 33.2 Å². The van der Waals surface area contributed by atoms with E-state index in [1.54, 1.807) is 18.2 Å². The molecule has 6 heteroatoms. The van der Waals surface area contributed by atoms with Gasteiger partial charge in [0.1, 0.15) is 11.4 Å². The monoisotopic (exact) mass is 314 g/mol. The maximum absolute atomic E-state index is 9.43. The van der Waals surface area contributed by atoms with Crippen molar-refractivity contribution in [3.05, 3.63) is 40.0 Å². The zero-order valence-electron chi connectivity index (χ0n) is 8.52. The minimum atomic E-state index is -0.0346. The lowest BCUT2D eigenvalue weighted by atomic mass is 10.3. The van der Waals surface area contributed by atoms with Gasteiger partial charge in [0.25, 0.3) is 0 Å². The number of benzene rings is 1. The van der Waals surface area contributed by atoms with E-state index in [0.717, 1.165) is 0 Å². The number of pyridine rings is 1. The van der Waals surface area contributed by atoms with E-state index in [4.69, 9.17) is 22.1 Å². The Balaban J connectivity index is 2.35. The van der Waals surface area contributed by atoms with E-state index < -0.39 is 0 Å². The molecule has 1 aromatic heterocycles. The lowest BCUT2D eigenvalue weighted by Gasteiger charge is -2.09. The van der Waals surface area contributed by atoms with Gasteiger partial charge in [-0.2, -0.15) is 0 Å². The minimum Gasteiger partial charge on any atom is -0.506 e. The van der Waals surface area contributed by atoms with Gasteiger partial charge in [0.2, 0.25) is 5.88 Å². The Labute approximate surface area is 111 Å². The van der Waals surface area contributed by atoms with Crippen LogP contribution in [-0.2, 0) is 0 Å². The number of hydrogen-bond acceptors (Lipinski definition) is 4. The van der Waals surface area contributed by atoms with E-state index in [-0.39, 0.29) is 11.4 Å². The first-order chi connectivity index (χ1) is 8.08. The third-order valence-electron chi connectivity index (χ3n) is 2.02. The van der Waals surface area contributed by atoms with Crippen molar-refractivity contribution in [1.29, 1.82) is 0 Å². The predicted octanol–water partition coefficient (Wildman–Crippen LogP) is 3.58. The van der Waals surface area contributed by atoms with Crippen LogP contribution < -0.4 is 10.5 Å². The fraction of sp³-hybridized carbons (Fsp3) is 0. The summed E-state index contributed by atoms with van der Waals surface area (Å²) in [6.07, 6.45) is 1.46. The maximum atomic E-state index is 9.43. The van der Waals surface area contributed by atoms with Crippen molar-refractivity contribution in [2.75, 3.05) is 5.73 Å². The van der Waals surface area contributed by atoms with E-state index in [1.165, 1.54) is 12.3 Å². The van der Waals surface area contributed by atoms with Crippen molar-refractivity contribution in [1.82, 2.24) is 4.98 Å². The number of ether oxygens (including phenoxy) is 1. The molecule has 1 heterocycles. The van der Waals surface area contributed by atoms with Gasteiger partial charge >= 0.3 is 0 Å². The summed E-state index contributed by atoms with van der Waals surface area (Å²) in [4.78, 5) is 4.01. The number of phenols is 1. The molecule has 88 valence electrons. The van der Waals surface area contributed by atoms with Gasteiger partial charge in [-0.05, 0) is 34.1 Å². The summed E-state index contributed by atoms with van der Waals surface area (Å²) in [6, 6.07) is 6.40. The van der Waals surface area contributed by atoms with Crippen LogP contribution in [0.15, 0.2) is 34.9 Å². The van der Waals surface area contributed by atoms with Crippen molar-refractivity contribution in [3.63, 3.8) is 0 Å². The zero-order chi connectivity index (χ0) is 12.4. The molecular weight excluding hydrogens is 307 g/mol. The highest BCUT2D eigenvalue weighted by Crippen LogP contribution is 2.35. The Bertz CT molecular complexity index is 563. The van der Waals surface area contributed by atoms with Crippen LogP contribution in [0.4, 0.5) is 5.69 Å². The number of halogens is 2. The molecule has 0 amide bonds. The lowest BCUT2D eigenvalue weighted by Crippen LogP contribution is -1.94. The van der Waals surface area contributed by atoms with Crippen LogP contribution in [0.2, 0.25) is 5.02 Å². The number of rotatable bonds is 2. The molecule has 17 heavy (non-hydrogen) atoms. The zero-order valence-corrected chi connectivity index (χ0v) is 10.9. The van der Waals surface area contributed by atoms with Gasteiger partial charge in [-0.15, -0.1) is 0 Å². The number of anilines is 1. The second-order valence-electron chi connectivity index (χ2n) is 3.23. The number of aromatic nitrogens is 1. The van der Waals surface area contributed by atoms with Crippen LogP contribution >= 0.6 is 27.5 Å². The molecule has 1 aromatic carbocycles. The van der Waals surface area contributed by atoms with Crippen molar-refractivity contribution in [2.45, 2.75) is 0 Å². The van der Waals surface area contributed by atoms with Crippen LogP contribution in [0.1, 0.15) is 0 Å². The first-order valence-electron chi connectivity index (χ1n) is 4.64. The fourth-order valence-corrected chi connectivity index (χ4v) is 1.92. The highest BCUT2D eigenvalue weighted by Gasteiger charge is 2.09. The summed E-state index contributed by atoms with van der Waals surface area (Å²) in [5, 5.41) is 9.93. The first kappa shape index (κ1) is 12.0. The number of phenolic OH excluding ortho intramolecular Hbond substituents is 1. The third-order valence-corrected chi connectivity index (χ3v) is 2.80. The molecule has 0 aliphatic carbocycles. The van der Waals surface area contributed by atoms with Crippen molar-refractivity contribution in [2.24, 2.45) is 0 Å². The molecule has 0 aliphatic rings. The van der Waals surface area contributed by atoms with Gasteiger partial charge in [-0.1, -0.05) is 17.7 Å². The number of aromatic hydroxyl groups is 1. The van der Waals surface area contributed by atoms with E-state index >= 15 is 0 Å². The Morgan fingerprint density at radius 3 is 2.88 bits per heavy atom. The van der Waals surface area contributed by atoms with Gasteiger partial charge in [-0.3, -0.25) is 0 Å². The summed E-state index contributed by atoms with van der Waals surface area (Å²) in [6.45, 7) is 0. The van der Waals surface area contributed by atoms with E-state index in [1.807, 2.05) is 0 Å². The molecule has 0 unspecified atom stereocenters. The fourth-order valence-electron chi connectivity index (χ4n) is 1.20. The normalized spacial score (nSPS) is 10.2. The molecule has 0 saturated carbocycles. The second-order valence-corrected chi connectivity index (χ2v) is 4.52. The average Bonchev–Trinajstić information content (AvgIpc) is 2.28. The number of nitrogen functional groups attached to an aromatic ring is 1. The van der Waals surface area contributed by atoms with Crippen molar-refractivity contribution in [3.8, 4) is 17.4 Å². The predicted molar refractivity (Wildman–Crippen MR) is 69.5 cm³/mol. The quantitative estimate of drug-likeness (QED) is 0.656. The molecule has 0 bridgehead atoms. The second kappa shape index (κ2) is 4.81. The molecule has 0 fully saturated rings. The SMILES string of the molecule is Nc1c(O)cccc1Oc1ncc(Cl)cc1Br. The molecule has 0 radical (unpaired) electrons. The first-order valence-corrected chi connectivity index (χ1v) is 5.81. The van der Waals surface area contributed by atoms with Crippen LogP contribution in [-0.4, -0.2) is 10.1 Å². The molecular formula is C11H8BrClN2O2. The third kappa shape index (κ3) is 2.62. The molecule has 2 rings (SSSR count). The maximum Gasteiger partial charge on any atom is 0.233 e. The summed E-state index contributed by atoms with van der Waals surface area (Å²) in [5.41, 5.74) is 5.83. The Morgan fingerprint density at radius 2 is 2.18 bits per heavy atom. The standard InChI is InChI=1S/C11H8BrClN2O2/c12-7-4-6(13)5-15-11(7)17-9-3-1-2-8(16)10(9)14/h1-5,16H,14H2. The highest BCUT2D eigenvalue weighted by atomic mass is 79.9. The van der Waals surface area contributed by atoms with Gasteiger partial charge in [0.05, 0.1) is 9.50 Å². The average molecular weight is 316 g/mol. The van der Waals surface area contributed by atoms with Crippen LogP contribution in [0.25, 0.3) is 0 Å². The molecule has 0 atom stereocenters. The van der Waals surface area contributed by atoms with E-state index in [2.05, 4.69) is 20.9 Å². The Morgan fingerprint density at radius 1 is 1.41 bits per heavy atom. The van der Waals surface area contributed by atoms with Gasteiger partial charge in [0, 0.05) is 6.20 Å². The topological polar surface area (TPSA) is 68.4 Å². The molecule has 0 spiro atoms. The Kier molecular flexibility index (Phi) is 3.40. The van der Waals surface area contributed by atoms with E-state index in [9.17, 15) is 5.11 Å². The number of hydrogen-bond donors (Lipinski definition) is 2. The molecule has 2 aromatic rings. The molecule has 3 N–H and O–H groups in total. The molecule has 0 saturated heterocycles. The van der Waals surface area contributed by atoms with Crippen LogP contribution in [0, 0.1) is 0 Å². The van der Waals surface area contributed by atoms with Crippen LogP contribution in [0.3, 0.4) is 0 Å². The largest absolute Gasteiger partial charge is 0.506 e.